The number of rotatable bonds is 2. The largest absolute Gasteiger partial charge is 0.477 e. The third kappa shape index (κ3) is 2.16. The minimum atomic E-state index is -1.37. The smallest absolute Gasteiger partial charge is 0.341 e. The van der Waals surface area contributed by atoms with Crippen molar-refractivity contribution in [2.24, 2.45) is 0 Å². The van der Waals surface area contributed by atoms with Crippen molar-refractivity contribution in [3.05, 3.63) is 64.2 Å². The maximum absolute atomic E-state index is 14.2. The Morgan fingerprint density at radius 2 is 1.95 bits per heavy atom. The minimum Gasteiger partial charge on any atom is -0.477 e. The number of pyridine rings is 2. The van der Waals surface area contributed by atoms with Crippen molar-refractivity contribution in [1.29, 1.82) is 0 Å². The van der Waals surface area contributed by atoms with Gasteiger partial charge >= 0.3 is 5.97 Å². The fourth-order valence-corrected chi connectivity index (χ4v) is 2.08. The molecular formula is C15H9FN2O3. The predicted octanol–water partition coefficient (Wildman–Crippen LogP) is 2.43. The first-order valence-electron chi connectivity index (χ1n) is 6.08. The molecule has 0 aliphatic rings. The van der Waals surface area contributed by atoms with Gasteiger partial charge < -0.3 is 10.1 Å². The highest BCUT2D eigenvalue weighted by Gasteiger charge is 2.15. The average molecular weight is 284 g/mol. The number of nitrogens with zero attached hydrogens (tertiary/aromatic N) is 1. The number of aromatic nitrogens is 2. The van der Waals surface area contributed by atoms with Gasteiger partial charge in [0.15, 0.2) is 0 Å². The van der Waals surface area contributed by atoms with Crippen LogP contribution in [-0.4, -0.2) is 21.0 Å². The van der Waals surface area contributed by atoms with Crippen molar-refractivity contribution in [1.82, 2.24) is 9.97 Å². The molecule has 1 aromatic carbocycles. The highest BCUT2D eigenvalue weighted by atomic mass is 19.1. The second-order valence-corrected chi connectivity index (χ2v) is 4.42. The van der Waals surface area contributed by atoms with Crippen LogP contribution in [0.1, 0.15) is 10.4 Å². The van der Waals surface area contributed by atoms with Gasteiger partial charge in [0.1, 0.15) is 22.7 Å². The van der Waals surface area contributed by atoms with Crippen molar-refractivity contribution < 1.29 is 14.3 Å². The van der Waals surface area contributed by atoms with E-state index in [1.165, 1.54) is 0 Å². The summed E-state index contributed by atoms with van der Waals surface area (Å²) >= 11 is 0. The Morgan fingerprint density at radius 1 is 1.24 bits per heavy atom. The molecule has 3 aromatic rings. The number of hydrogen-bond donors (Lipinski definition) is 2. The van der Waals surface area contributed by atoms with Gasteiger partial charge in [-0.15, -0.1) is 0 Å². The number of fused-ring (bicyclic) bond motifs is 1. The zero-order valence-corrected chi connectivity index (χ0v) is 10.6. The SMILES string of the molecule is O=C(O)c1c[nH]c2nc(-c3ccccc3)c(F)cc2c1=O. The summed E-state index contributed by atoms with van der Waals surface area (Å²) in [6, 6.07) is 9.69. The highest BCUT2D eigenvalue weighted by molar-refractivity contribution is 5.91. The lowest BCUT2D eigenvalue weighted by atomic mass is 10.1. The summed E-state index contributed by atoms with van der Waals surface area (Å²) < 4.78 is 14.2. The van der Waals surface area contributed by atoms with E-state index in [0.717, 1.165) is 12.3 Å². The van der Waals surface area contributed by atoms with E-state index in [9.17, 15) is 14.0 Å². The molecule has 104 valence electrons. The third-order valence-corrected chi connectivity index (χ3v) is 3.10. The quantitative estimate of drug-likeness (QED) is 0.757. The Kier molecular flexibility index (Phi) is 2.98. The van der Waals surface area contributed by atoms with Gasteiger partial charge in [0, 0.05) is 11.8 Å². The Balaban J connectivity index is 2.30. The number of benzene rings is 1. The van der Waals surface area contributed by atoms with Gasteiger partial charge in [-0.25, -0.2) is 14.2 Å². The van der Waals surface area contributed by atoms with Crippen LogP contribution in [0.5, 0.6) is 0 Å². The molecule has 2 heterocycles. The van der Waals surface area contributed by atoms with Crippen LogP contribution in [0.4, 0.5) is 4.39 Å². The molecule has 0 aliphatic carbocycles. The molecule has 3 rings (SSSR count). The Bertz CT molecular complexity index is 904. The van der Waals surface area contributed by atoms with Crippen molar-refractivity contribution in [2.45, 2.75) is 0 Å². The van der Waals surface area contributed by atoms with Crippen molar-refractivity contribution in [3.8, 4) is 11.3 Å². The molecule has 2 N–H and O–H groups in total. The number of halogens is 1. The molecule has 0 bridgehead atoms. The first kappa shape index (κ1) is 13.0. The van der Waals surface area contributed by atoms with Crippen LogP contribution in [0.2, 0.25) is 0 Å². The average Bonchev–Trinajstić information content (AvgIpc) is 2.48. The number of carboxylic acids is 1. The maximum Gasteiger partial charge on any atom is 0.341 e. The lowest BCUT2D eigenvalue weighted by Crippen LogP contribution is -2.16. The van der Waals surface area contributed by atoms with Gasteiger partial charge in [0.05, 0.1) is 5.39 Å². The monoisotopic (exact) mass is 284 g/mol. The van der Waals surface area contributed by atoms with E-state index < -0.39 is 22.8 Å². The molecule has 21 heavy (non-hydrogen) atoms. The number of H-pyrrole nitrogens is 1. The summed E-state index contributed by atoms with van der Waals surface area (Å²) in [5.74, 6) is -2.05. The van der Waals surface area contributed by atoms with Crippen LogP contribution >= 0.6 is 0 Å². The molecule has 6 heteroatoms. The maximum atomic E-state index is 14.2. The molecule has 0 saturated carbocycles. The normalized spacial score (nSPS) is 10.7. The lowest BCUT2D eigenvalue weighted by molar-refractivity contribution is 0.0695. The molecule has 0 radical (unpaired) electrons. The molecule has 5 nitrogen and oxygen atoms in total. The lowest BCUT2D eigenvalue weighted by Gasteiger charge is -2.05. The Morgan fingerprint density at radius 3 is 2.62 bits per heavy atom. The highest BCUT2D eigenvalue weighted by Crippen LogP contribution is 2.22. The zero-order valence-electron chi connectivity index (χ0n) is 10.6. The molecule has 0 amide bonds. The van der Waals surface area contributed by atoms with E-state index in [-0.39, 0.29) is 16.7 Å². The van der Waals surface area contributed by atoms with Crippen LogP contribution in [0.25, 0.3) is 22.3 Å². The summed E-state index contributed by atoms with van der Waals surface area (Å²) in [7, 11) is 0. The van der Waals surface area contributed by atoms with Gasteiger partial charge in [-0.05, 0) is 6.07 Å². The fourth-order valence-electron chi connectivity index (χ4n) is 2.08. The van der Waals surface area contributed by atoms with E-state index in [1.807, 2.05) is 0 Å². The molecule has 0 unspecified atom stereocenters. The van der Waals surface area contributed by atoms with Crippen molar-refractivity contribution in [3.63, 3.8) is 0 Å². The van der Waals surface area contributed by atoms with Gasteiger partial charge in [0.25, 0.3) is 0 Å². The predicted molar refractivity (Wildman–Crippen MR) is 74.7 cm³/mol. The first-order chi connectivity index (χ1) is 10.1. The van der Waals surface area contributed by atoms with Crippen molar-refractivity contribution in [2.75, 3.05) is 0 Å². The number of nitrogens with one attached hydrogen (secondary N) is 1. The van der Waals surface area contributed by atoms with Crippen LogP contribution in [0, 0.1) is 5.82 Å². The molecular weight excluding hydrogens is 275 g/mol. The van der Waals surface area contributed by atoms with Gasteiger partial charge in [-0.2, -0.15) is 0 Å². The molecule has 0 saturated heterocycles. The number of carboxylic acid groups (broad SMARTS) is 1. The number of aromatic amines is 1. The zero-order chi connectivity index (χ0) is 15.0. The van der Waals surface area contributed by atoms with E-state index in [4.69, 9.17) is 5.11 Å². The molecule has 2 aromatic heterocycles. The Hall–Kier alpha value is -3.02. The molecule has 0 aliphatic heterocycles. The van der Waals surface area contributed by atoms with E-state index in [2.05, 4.69) is 9.97 Å². The topological polar surface area (TPSA) is 83.0 Å². The summed E-state index contributed by atoms with van der Waals surface area (Å²) in [6.45, 7) is 0. The van der Waals surface area contributed by atoms with Crippen LogP contribution < -0.4 is 5.43 Å². The molecule has 0 atom stereocenters. The summed E-state index contributed by atoms with van der Waals surface area (Å²) in [6.07, 6.45) is 1.06. The second kappa shape index (κ2) is 4.82. The number of hydrogen-bond acceptors (Lipinski definition) is 3. The summed E-state index contributed by atoms with van der Waals surface area (Å²) in [5, 5.41) is 8.80. The van der Waals surface area contributed by atoms with Gasteiger partial charge in [-0.3, -0.25) is 4.79 Å². The Labute approximate surface area is 117 Å². The standard InChI is InChI=1S/C15H9FN2O3/c16-11-6-9-13(19)10(15(20)21)7-17-14(9)18-12(11)8-4-2-1-3-5-8/h1-7H,(H,20,21)(H,17,18,19). The van der Waals surface area contributed by atoms with E-state index >= 15 is 0 Å². The summed E-state index contributed by atoms with van der Waals surface area (Å²) in [4.78, 5) is 29.6. The van der Waals surface area contributed by atoms with E-state index in [1.54, 1.807) is 30.3 Å². The number of aromatic carboxylic acids is 1. The summed E-state index contributed by atoms with van der Waals surface area (Å²) in [5.41, 5.74) is -0.398. The second-order valence-electron chi connectivity index (χ2n) is 4.42. The molecule has 0 spiro atoms. The fraction of sp³-hybridized carbons (Fsp3) is 0. The van der Waals surface area contributed by atoms with Crippen LogP contribution in [0.15, 0.2) is 47.4 Å². The third-order valence-electron chi connectivity index (χ3n) is 3.10. The minimum absolute atomic E-state index is 0.0907. The van der Waals surface area contributed by atoms with Crippen molar-refractivity contribution >= 4 is 17.0 Å². The molecule has 0 fully saturated rings. The number of carbonyl (C=O) groups is 1. The van der Waals surface area contributed by atoms with E-state index in [0.29, 0.717) is 5.56 Å². The first-order valence-corrected chi connectivity index (χ1v) is 6.08. The van der Waals surface area contributed by atoms with Gasteiger partial charge in [-0.1, -0.05) is 30.3 Å². The van der Waals surface area contributed by atoms with Crippen LogP contribution in [-0.2, 0) is 0 Å². The van der Waals surface area contributed by atoms with Crippen LogP contribution in [0.3, 0.4) is 0 Å². The van der Waals surface area contributed by atoms with Gasteiger partial charge in [0.2, 0.25) is 5.43 Å².